The van der Waals surface area contributed by atoms with Crippen molar-refractivity contribution in [1.29, 1.82) is 0 Å². The summed E-state index contributed by atoms with van der Waals surface area (Å²) < 4.78 is 0. The summed E-state index contributed by atoms with van der Waals surface area (Å²) in [6.45, 7) is 5.19. The van der Waals surface area contributed by atoms with E-state index in [0.717, 1.165) is 38.6 Å². The number of hydrogen-bond donors (Lipinski definition) is 2. The van der Waals surface area contributed by atoms with Gasteiger partial charge in [0.05, 0.1) is 6.10 Å². The molecule has 0 aromatic carbocycles. The van der Waals surface area contributed by atoms with Gasteiger partial charge in [-0.1, -0.05) is 26.7 Å². The summed E-state index contributed by atoms with van der Waals surface area (Å²) in [4.78, 5) is 12.3. The first-order valence-corrected chi connectivity index (χ1v) is 7.45. The third kappa shape index (κ3) is 3.25. The molecule has 3 unspecified atom stereocenters. The third-order valence-electron chi connectivity index (χ3n) is 4.90. The molecule has 0 saturated heterocycles. The molecule has 0 aliphatic heterocycles. The smallest absolute Gasteiger partial charge is 0.223 e. The van der Waals surface area contributed by atoms with Gasteiger partial charge in [-0.15, -0.1) is 0 Å². The van der Waals surface area contributed by atoms with Crippen molar-refractivity contribution in [3.05, 3.63) is 0 Å². The van der Waals surface area contributed by atoms with E-state index >= 15 is 0 Å². The Kier molecular flexibility index (Phi) is 4.31. The molecule has 0 heterocycles. The van der Waals surface area contributed by atoms with Gasteiger partial charge in [0, 0.05) is 12.5 Å². The average Bonchev–Trinajstić information content (AvgIpc) is 2.71. The van der Waals surface area contributed by atoms with E-state index in [1.54, 1.807) is 0 Å². The molecule has 3 heteroatoms. The van der Waals surface area contributed by atoms with Crippen molar-refractivity contribution >= 4 is 5.91 Å². The number of carbonyl (C=O) groups excluding carboxylic acids is 1. The Hall–Kier alpha value is -0.570. The van der Waals surface area contributed by atoms with Crippen LogP contribution in [0.4, 0.5) is 0 Å². The van der Waals surface area contributed by atoms with Gasteiger partial charge in [-0.05, 0) is 43.4 Å². The lowest BCUT2D eigenvalue weighted by atomic mass is 9.68. The predicted molar refractivity (Wildman–Crippen MR) is 72.1 cm³/mol. The van der Waals surface area contributed by atoms with Gasteiger partial charge in [0.1, 0.15) is 0 Å². The lowest BCUT2D eigenvalue weighted by Gasteiger charge is -2.37. The van der Waals surface area contributed by atoms with Gasteiger partial charge in [-0.2, -0.15) is 0 Å². The average molecular weight is 253 g/mol. The van der Waals surface area contributed by atoms with Crippen molar-refractivity contribution in [1.82, 2.24) is 5.32 Å². The van der Waals surface area contributed by atoms with Crippen LogP contribution in [0.2, 0.25) is 0 Å². The maximum Gasteiger partial charge on any atom is 0.223 e. The lowest BCUT2D eigenvalue weighted by Crippen LogP contribution is -2.42. The summed E-state index contributed by atoms with van der Waals surface area (Å²) in [6.07, 6.45) is 7.30. The Morgan fingerprint density at radius 1 is 1.28 bits per heavy atom. The molecule has 2 rings (SSSR count). The van der Waals surface area contributed by atoms with Crippen molar-refractivity contribution in [3.8, 4) is 0 Å². The van der Waals surface area contributed by atoms with Crippen LogP contribution in [0, 0.1) is 17.3 Å². The molecule has 3 nitrogen and oxygen atoms in total. The third-order valence-corrected chi connectivity index (χ3v) is 4.90. The summed E-state index contributed by atoms with van der Waals surface area (Å²) in [7, 11) is 0. The van der Waals surface area contributed by atoms with Crippen LogP contribution in [0.5, 0.6) is 0 Å². The van der Waals surface area contributed by atoms with Crippen LogP contribution in [0.1, 0.15) is 58.8 Å². The quantitative estimate of drug-likeness (QED) is 0.812. The van der Waals surface area contributed by atoms with Crippen molar-refractivity contribution < 1.29 is 9.90 Å². The minimum atomic E-state index is -0.141. The summed E-state index contributed by atoms with van der Waals surface area (Å²) in [5, 5.41) is 12.6. The fourth-order valence-corrected chi connectivity index (χ4v) is 3.58. The van der Waals surface area contributed by atoms with Crippen molar-refractivity contribution in [2.24, 2.45) is 17.3 Å². The molecule has 0 spiro atoms. The van der Waals surface area contributed by atoms with Crippen LogP contribution in [0.25, 0.3) is 0 Å². The summed E-state index contributed by atoms with van der Waals surface area (Å²) >= 11 is 0. The van der Waals surface area contributed by atoms with Crippen molar-refractivity contribution in [2.45, 2.75) is 64.9 Å². The van der Waals surface area contributed by atoms with Gasteiger partial charge < -0.3 is 10.4 Å². The molecule has 104 valence electrons. The van der Waals surface area contributed by atoms with Crippen LogP contribution < -0.4 is 5.32 Å². The molecule has 18 heavy (non-hydrogen) atoms. The second-order valence-corrected chi connectivity index (χ2v) is 6.87. The minimum Gasteiger partial charge on any atom is -0.393 e. The first-order valence-electron chi connectivity index (χ1n) is 7.45. The Morgan fingerprint density at radius 2 is 2.06 bits per heavy atom. The molecule has 3 atom stereocenters. The first kappa shape index (κ1) is 13.9. The highest BCUT2D eigenvalue weighted by Crippen LogP contribution is 2.40. The second kappa shape index (κ2) is 5.60. The van der Waals surface area contributed by atoms with E-state index in [2.05, 4.69) is 19.2 Å². The summed E-state index contributed by atoms with van der Waals surface area (Å²) in [5.41, 5.74) is 0.150. The van der Waals surface area contributed by atoms with Gasteiger partial charge >= 0.3 is 0 Å². The topological polar surface area (TPSA) is 49.3 Å². The van der Waals surface area contributed by atoms with Gasteiger partial charge in [0.25, 0.3) is 0 Å². The Balaban J connectivity index is 1.80. The first-order chi connectivity index (χ1) is 8.49. The Morgan fingerprint density at radius 3 is 2.67 bits per heavy atom. The van der Waals surface area contributed by atoms with Crippen LogP contribution >= 0.6 is 0 Å². The Bertz CT molecular complexity index is 301. The van der Waals surface area contributed by atoms with Crippen molar-refractivity contribution in [3.63, 3.8) is 0 Å². The molecule has 1 amide bonds. The zero-order chi connectivity index (χ0) is 13.2. The summed E-state index contributed by atoms with van der Waals surface area (Å²) in [6, 6.07) is 0. The normalized spacial score (nSPS) is 35.4. The van der Waals surface area contributed by atoms with Crippen LogP contribution in [-0.4, -0.2) is 23.7 Å². The molecule has 0 aromatic rings. The molecule has 0 aromatic heterocycles. The fraction of sp³-hybridized carbons (Fsp3) is 0.933. The SMILES string of the molecule is CC1(C)CCCCC1C(=O)NCC1CCC(O)C1. The van der Waals surface area contributed by atoms with Crippen LogP contribution in [0.15, 0.2) is 0 Å². The zero-order valence-corrected chi connectivity index (χ0v) is 11.7. The maximum absolute atomic E-state index is 12.3. The van der Waals surface area contributed by atoms with E-state index in [9.17, 15) is 9.90 Å². The fourth-order valence-electron chi connectivity index (χ4n) is 3.58. The number of aliphatic hydroxyl groups is 1. The maximum atomic E-state index is 12.3. The largest absolute Gasteiger partial charge is 0.393 e. The van der Waals surface area contributed by atoms with Crippen LogP contribution in [-0.2, 0) is 4.79 Å². The number of rotatable bonds is 3. The van der Waals surface area contributed by atoms with E-state index in [1.165, 1.54) is 12.8 Å². The number of aliphatic hydroxyl groups excluding tert-OH is 1. The van der Waals surface area contributed by atoms with E-state index in [1.807, 2.05) is 0 Å². The number of carbonyl (C=O) groups is 1. The van der Waals surface area contributed by atoms with Crippen LogP contribution in [0.3, 0.4) is 0 Å². The monoisotopic (exact) mass is 253 g/mol. The standard InChI is InChI=1S/C15H27NO2/c1-15(2)8-4-3-5-13(15)14(18)16-10-11-6-7-12(17)9-11/h11-13,17H,3-10H2,1-2H3,(H,16,18). The molecular formula is C15H27NO2. The molecular weight excluding hydrogens is 226 g/mol. The molecule has 2 aliphatic rings. The minimum absolute atomic E-state index is 0.141. The van der Waals surface area contributed by atoms with Gasteiger partial charge in [0.2, 0.25) is 5.91 Å². The highest BCUT2D eigenvalue weighted by molar-refractivity contribution is 5.79. The highest BCUT2D eigenvalue weighted by Gasteiger charge is 2.37. The predicted octanol–water partition coefficient (Wildman–Crippen LogP) is 2.48. The molecule has 2 saturated carbocycles. The van der Waals surface area contributed by atoms with E-state index < -0.39 is 0 Å². The second-order valence-electron chi connectivity index (χ2n) is 6.87. The number of nitrogens with one attached hydrogen (secondary N) is 1. The lowest BCUT2D eigenvalue weighted by molar-refractivity contribution is -0.130. The molecule has 2 aliphatic carbocycles. The van der Waals surface area contributed by atoms with Crippen molar-refractivity contribution in [2.75, 3.05) is 6.54 Å². The van der Waals surface area contributed by atoms with Gasteiger partial charge in [0.15, 0.2) is 0 Å². The van der Waals surface area contributed by atoms with Gasteiger partial charge in [-0.25, -0.2) is 0 Å². The molecule has 2 N–H and O–H groups in total. The van der Waals surface area contributed by atoms with Gasteiger partial charge in [-0.3, -0.25) is 4.79 Å². The number of hydrogen-bond acceptors (Lipinski definition) is 2. The highest BCUT2D eigenvalue weighted by atomic mass is 16.3. The molecule has 2 fully saturated rings. The molecule has 0 bridgehead atoms. The molecule has 0 radical (unpaired) electrons. The Labute approximate surface area is 110 Å². The van der Waals surface area contributed by atoms with E-state index in [0.29, 0.717) is 5.92 Å². The summed E-state index contributed by atoms with van der Waals surface area (Å²) in [5.74, 6) is 0.898. The van der Waals surface area contributed by atoms with E-state index in [-0.39, 0.29) is 23.3 Å². The number of amides is 1. The van der Waals surface area contributed by atoms with E-state index in [4.69, 9.17) is 0 Å². The zero-order valence-electron chi connectivity index (χ0n) is 11.7.